The smallest absolute Gasteiger partial charge is 0.264 e. The molecule has 0 aliphatic heterocycles. The van der Waals surface area contributed by atoms with Crippen molar-refractivity contribution < 1.29 is 18.0 Å². The van der Waals surface area contributed by atoms with Gasteiger partial charge in [-0.2, -0.15) is 0 Å². The summed E-state index contributed by atoms with van der Waals surface area (Å²) >= 11 is 6.52. The molecule has 4 rings (SSSR count). The van der Waals surface area contributed by atoms with Crippen molar-refractivity contribution in [3.8, 4) is 0 Å². The minimum Gasteiger partial charge on any atom is -0.352 e. The van der Waals surface area contributed by atoms with Crippen LogP contribution in [0.15, 0.2) is 114 Å². The van der Waals surface area contributed by atoms with Gasteiger partial charge >= 0.3 is 0 Å². The molecule has 44 heavy (non-hydrogen) atoms. The van der Waals surface area contributed by atoms with E-state index in [0.29, 0.717) is 6.42 Å². The number of halogens is 1. The number of carbonyl (C=O) groups excluding carboxylic acids is 2. The monoisotopic (exact) mass is 631 g/mol. The van der Waals surface area contributed by atoms with Crippen LogP contribution in [0.3, 0.4) is 0 Å². The summed E-state index contributed by atoms with van der Waals surface area (Å²) in [7, 11) is -4.21. The SMILES string of the molecule is CC[C@H](C)NC(=O)[C@@H](Cc1ccccc1)N(Cc1ccccc1C)C(=O)CN(c1ccccc1Cl)S(=O)(=O)c1ccccc1. The fraction of sp³-hybridized carbons (Fsp3) is 0.257. The van der Waals surface area contributed by atoms with Crippen molar-refractivity contribution in [2.75, 3.05) is 10.8 Å². The highest BCUT2D eigenvalue weighted by molar-refractivity contribution is 7.92. The standard InChI is InChI=1S/C35H38ClN3O4S/c1-4-27(3)37-35(41)33(23-28-16-7-5-8-17-28)38(24-29-18-12-11-15-26(29)2)34(40)25-39(32-22-14-13-21-31(32)36)44(42,43)30-19-9-6-10-20-30/h5-22,27,33H,4,23-25H2,1-3H3,(H,37,41)/t27-,33+/m0/s1. The van der Waals surface area contributed by atoms with Crippen LogP contribution in [0.4, 0.5) is 5.69 Å². The van der Waals surface area contributed by atoms with Crippen LogP contribution in [0.25, 0.3) is 0 Å². The Bertz CT molecular complexity index is 1670. The molecule has 0 radical (unpaired) electrons. The summed E-state index contributed by atoms with van der Waals surface area (Å²) in [5, 5.41) is 3.23. The number of hydrogen-bond acceptors (Lipinski definition) is 4. The van der Waals surface area contributed by atoms with Crippen LogP contribution in [0.2, 0.25) is 5.02 Å². The molecule has 1 N–H and O–H groups in total. The lowest BCUT2D eigenvalue weighted by atomic mass is 10.0. The number of sulfonamides is 1. The highest BCUT2D eigenvalue weighted by Gasteiger charge is 2.35. The van der Waals surface area contributed by atoms with E-state index >= 15 is 0 Å². The first kappa shape index (κ1) is 32.8. The molecule has 0 heterocycles. The van der Waals surface area contributed by atoms with Crippen LogP contribution in [0.5, 0.6) is 0 Å². The van der Waals surface area contributed by atoms with Gasteiger partial charge in [0, 0.05) is 19.0 Å². The van der Waals surface area contributed by atoms with Crippen molar-refractivity contribution in [2.24, 2.45) is 0 Å². The van der Waals surface area contributed by atoms with Crippen LogP contribution >= 0.6 is 11.6 Å². The molecular weight excluding hydrogens is 594 g/mol. The van der Waals surface area contributed by atoms with Gasteiger partial charge in [0.1, 0.15) is 12.6 Å². The van der Waals surface area contributed by atoms with Gasteiger partial charge in [0.15, 0.2) is 0 Å². The number of para-hydroxylation sites is 1. The lowest BCUT2D eigenvalue weighted by Crippen LogP contribution is -2.54. The van der Waals surface area contributed by atoms with Gasteiger partial charge in [-0.25, -0.2) is 8.42 Å². The van der Waals surface area contributed by atoms with Gasteiger partial charge in [0.2, 0.25) is 11.8 Å². The van der Waals surface area contributed by atoms with Crippen LogP contribution < -0.4 is 9.62 Å². The molecule has 0 bridgehead atoms. The van der Waals surface area contributed by atoms with Crippen molar-refractivity contribution in [3.05, 3.63) is 131 Å². The molecule has 230 valence electrons. The molecule has 7 nitrogen and oxygen atoms in total. The van der Waals surface area contributed by atoms with Crippen molar-refractivity contribution in [3.63, 3.8) is 0 Å². The summed E-state index contributed by atoms with van der Waals surface area (Å²) in [6.45, 7) is 5.38. The van der Waals surface area contributed by atoms with Crippen molar-refractivity contribution in [2.45, 2.75) is 57.1 Å². The van der Waals surface area contributed by atoms with Gasteiger partial charge in [0.05, 0.1) is 15.6 Å². The lowest BCUT2D eigenvalue weighted by Gasteiger charge is -2.34. The normalized spacial score (nSPS) is 12.6. The molecule has 0 aromatic heterocycles. The van der Waals surface area contributed by atoms with E-state index in [1.165, 1.54) is 17.0 Å². The maximum Gasteiger partial charge on any atom is 0.264 e. The van der Waals surface area contributed by atoms with Gasteiger partial charge in [-0.1, -0.05) is 103 Å². The van der Waals surface area contributed by atoms with Gasteiger partial charge in [-0.3, -0.25) is 13.9 Å². The second kappa shape index (κ2) is 15.0. The Morgan fingerprint density at radius 1 is 0.841 bits per heavy atom. The van der Waals surface area contributed by atoms with Crippen LogP contribution in [0, 0.1) is 6.92 Å². The summed E-state index contributed by atoms with van der Waals surface area (Å²) in [4.78, 5) is 29.9. The van der Waals surface area contributed by atoms with Crippen molar-refractivity contribution in [1.29, 1.82) is 0 Å². The van der Waals surface area contributed by atoms with Crippen LogP contribution in [-0.2, 0) is 32.6 Å². The van der Waals surface area contributed by atoms with Gasteiger partial charge in [-0.05, 0) is 61.2 Å². The average Bonchev–Trinajstić information content (AvgIpc) is 3.03. The summed E-state index contributed by atoms with van der Waals surface area (Å²) in [5.74, 6) is -0.840. The van der Waals surface area contributed by atoms with Crippen LogP contribution in [0.1, 0.15) is 37.0 Å². The summed E-state index contributed by atoms with van der Waals surface area (Å²) in [6.07, 6.45) is 0.962. The predicted octanol–water partition coefficient (Wildman–Crippen LogP) is 6.40. The number of nitrogens with one attached hydrogen (secondary N) is 1. The number of benzene rings is 4. The van der Waals surface area contributed by atoms with Crippen LogP contribution in [-0.4, -0.2) is 43.8 Å². The Kier molecular flexibility index (Phi) is 11.2. The Morgan fingerprint density at radius 3 is 2.07 bits per heavy atom. The van der Waals surface area contributed by atoms with Gasteiger partial charge < -0.3 is 10.2 Å². The highest BCUT2D eigenvalue weighted by atomic mass is 35.5. The van der Waals surface area contributed by atoms with E-state index in [4.69, 9.17) is 11.6 Å². The van der Waals surface area contributed by atoms with Crippen molar-refractivity contribution in [1.82, 2.24) is 10.2 Å². The zero-order chi connectivity index (χ0) is 31.7. The molecule has 4 aromatic carbocycles. The third-order valence-corrected chi connectivity index (χ3v) is 9.70. The zero-order valence-corrected chi connectivity index (χ0v) is 26.8. The molecule has 0 aliphatic rings. The van der Waals surface area contributed by atoms with Gasteiger partial charge in [-0.15, -0.1) is 0 Å². The molecular formula is C35H38ClN3O4S. The number of carbonyl (C=O) groups is 2. The number of rotatable bonds is 13. The quantitative estimate of drug-likeness (QED) is 0.185. The Labute approximate surface area is 265 Å². The molecule has 0 saturated heterocycles. The number of anilines is 1. The Hall–Kier alpha value is -4.14. The van der Waals surface area contributed by atoms with E-state index in [0.717, 1.165) is 21.0 Å². The van der Waals surface area contributed by atoms with E-state index in [9.17, 15) is 18.0 Å². The van der Waals surface area contributed by atoms with E-state index in [2.05, 4.69) is 5.32 Å². The lowest BCUT2D eigenvalue weighted by molar-refractivity contribution is -0.140. The molecule has 0 spiro atoms. The summed E-state index contributed by atoms with van der Waals surface area (Å²) in [6, 6.07) is 30.5. The highest BCUT2D eigenvalue weighted by Crippen LogP contribution is 2.31. The fourth-order valence-electron chi connectivity index (χ4n) is 4.85. The van der Waals surface area contributed by atoms with Gasteiger partial charge in [0.25, 0.3) is 10.0 Å². The third kappa shape index (κ3) is 8.07. The molecule has 0 saturated carbocycles. The molecule has 2 atom stereocenters. The average molecular weight is 632 g/mol. The molecule has 4 aromatic rings. The fourth-order valence-corrected chi connectivity index (χ4v) is 6.60. The number of hydrogen-bond donors (Lipinski definition) is 1. The first-order valence-electron chi connectivity index (χ1n) is 14.6. The Balaban J connectivity index is 1.82. The second-order valence-electron chi connectivity index (χ2n) is 10.7. The maximum absolute atomic E-state index is 14.5. The van der Waals surface area contributed by atoms with Crippen molar-refractivity contribution >= 4 is 39.1 Å². The minimum atomic E-state index is -4.21. The molecule has 0 unspecified atom stereocenters. The largest absolute Gasteiger partial charge is 0.352 e. The number of aryl methyl sites for hydroxylation is 1. The topological polar surface area (TPSA) is 86.8 Å². The third-order valence-electron chi connectivity index (χ3n) is 7.61. The number of amides is 2. The second-order valence-corrected chi connectivity index (χ2v) is 13.0. The van der Waals surface area contributed by atoms with E-state index < -0.39 is 28.5 Å². The van der Waals surface area contributed by atoms with E-state index in [1.54, 1.807) is 42.5 Å². The molecule has 0 fully saturated rings. The first-order chi connectivity index (χ1) is 21.1. The Morgan fingerprint density at radius 2 is 1.43 bits per heavy atom. The minimum absolute atomic E-state index is 0.0218. The van der Waals surface area contributed by atoms with E-state index in [1.807, 2.05) is 75.4 Å². The predicted molar refractivity (Wildman–Crippen MR) is 176 cm³/mol. The van der Waals surface area contributed by atoms with E-state index in [-0.39, 0.29) is 40.5 Å². The first-order valence-corrected chi connectivity index (χ1v) is 16.4. The zero-order valence-electron chi connectivity index (χ0n) is 25.2. The summed E-state index contributed by atoms with van der Waals surface area (Å²) in [5.41, 5.74) is 2.85. The molecule has 9 heteroatoms. The number of nitrogens with zero attached hydrogens (tertiary/aromatic N) is 2. The molecule has 0 aliphatic carbocycles. The maximum atomic E-state index is 14.5. The summed E-state index contributed by atoms with van der Waals surface area (Å²) < 4.78 is 29.1. The molecule has 2 amide bonds.